The first kappa shape index (κ1) is 31.4. The number of rotatable bonds is 8. The number of hydrogen-bond donors (Lipinski definition) is 3. The van der Waals surface area contributed by atoms with Crippen molar-refractivity contribution in [2.24, 2.45) is 0 Å². The highest BCUT2D eigenvalue weighted by molar-refractivity contribution is 5.99. The van der Waals surface area contributed by atoms with Crippen molar-refractivity contribution in [3.63, 3.8) is 0 Å². The highest BCUT2D eigenvalue weighted by Crippen LogP contribution is 2.29. The summed E-state index contributed by atoms with van der Waals surface area (Å²) in [6.07, 6.45) is 4.62. The van der Waals surface area contributed by atoms with Crippen LogP contribution in [0.25, 0.3) is 0 Å². The van der Waals surface area contributed by atoms with Gasteiger partial charge >= 0.3 is 12.1 Å². The SMILES string of the molecule is CN(C(=O)[C@@H]1C[C@@H](OC(C)(C)C)CN1C(=O)O)C1CCN(c2ccc(NC(=O)Nc3ccc(OC4CCCC4)cc3)cc2)C1. The maximum Gasteiger partial charge on any atom is 0.408 e. The van der Waals surface area contributed by atoms with E-state index in [9.17, 15) is 19.5 Å². The Hall–Kier alpha value is -3.99. The summed E-state index contributed by atoms with van der Waals surface area (Å²) >= 11 is 0. The lowest BCUT2D eigenvalue weighted by molar-refractivity contribution is -0.136. The largest absolute Gasteiger partial charge is 0.490 e. The van der Waals surface area contributed by atoms with Crippen LogP contribution in [-0.4, -0.2) is 89.5 Å². The van der Waals surface area contributed by atoms with Gasteiger partial charge in [0.2, 0.25) is 5.91 Å². The minimum atomic E-state index is -1.10. The molecular formula is C33H45N5O6. The lowest BCUT2D eigenvalue weighted by Gasteiger charge is -2.30. The second-order valence-electron chi connectivity index (χ2n) is 13.1. The van der Waals surface area contributed by atoms with Crippen LogP contribution in [0.2, 0.25) is 0 Å². The highest BCUT2D eigenvalue weighted by atomic mass is 16.5. The normalized spacial score (nSPS) is 22.2. The molecule has 11 nitrogen and oxygen atoms in total. The number of carbonyl (C=O) groups excluding carboxylic acids is 2. The number of likely N-dealkylation sites (tertiary alicyclic amines) is 1. The predicted molar refractivity (Wildman–Crippen MR) is 170 cm³/mol. The zero-order valence-corrected chi connectivity index (χ0v) is 26.1. The van der Waals surface area contributed by atoms with E-state index in [1.165, 1.54) is 17.7 Å². The smallest absolute Gasteiger partial charge is 0.408 e. The summed E-state index contributed by atoms with van der Waals surface area (Å²) in [7, 11) is 1.76. The van der Waals surface area contributed by atoms with Gasteiger partial charge in [0.15, 0.2) is 0 Å². The third-order valence-corrected chi connectivity index (χ3v) is 8.58. The summed E-state index contributed by atoms with van der Waals surface area (Å²) in [5.74, 6) is 0.624. The summed E-state index contributed by atoms with van der Waals surface area (Å²) in [5.41, 5.74) is 1.91. The van der Waals surface area contributed by atoms with Crippen molar-refractivity contribution in [3.8, 4) is 5.75 Å². The number of urea groups is 1. The first-order valence-corrected chi connectivity index (χ1v) is 15.6. The van der Waals surface area contributed by atoms with Gasteiger partial charge in [-0.3, -0.25) is 9.69 Å². The van der Waals surface area contributed by atoms with E-state index in [2.05, 4.69) is 15.5 Å². The van der Waals surface area contributed by atoms with Gasteiger partial charge < -0.3 is 35.0 Å². The number of likely N-dealkylation sites (N-methyl/N-ethyl adjacent to an activating group) is 1. The van der Waals surface area contributed by atoms with E-state index in [1.807, 2.05) is 69.3 Å². The van der Waals surface area contributed by atoms with Crippen molar-refractivity contribution in [2.75, 3.05) is 42.2 Å². The number of amides is 4. The third-order valence-electron chi connectivity index (χ3n) is 8.58. The molecule has 3 fully saturated rings. The van der Waals surface area contributed by atoms with Crippen LogP contribution in [0, 0.1) is 0 Å². The average molecular weight is 608 g/mol. The molecule has 11 heteroatoms. The van der Waals surface area contributed by atoms with Crippen LogP contribution in [0.5, 0.6) is 5.75 Å². The predicted octanol–water partition coefficient (Wildman–Crippen LogP) is 5.63. The lowest BCUT2D eigenvalue weighted by atomic mass is 10.1. The monoisotopic (exact) mass is 607 g/mol. The Kier molecular flexibility index (Phi) is 9.53. The molecule has 238 valence electrons. The first-order valence-electron chi connectivity index (χ1n) is 15.6. The second-order valence-corrected chi connectivity index (χ2v) is 13.1. The first-order chi connectivity index (χ1) is 20.9. The van der Waals surface area contributed by atoms with Crippen LogP contribution in [0.3, 0.4) is 0 Å². The summed E-state index contributed by atoms with van der Waals surface area (Å²) in [5, 5.41) is 15.5. The standard InChI is InChI=1S/C33H45N5O6/c1-33(2,3)44-28-19-29(38(21-28)32(41)42)30(39)36(4)25-17-18-37(20-25)24-13-9-22(10-14-24)34-31(40)35-23-11-15-27(16-12-23)43-26-7-5-6-8-26/h9-16,25-26,28-29H,5-8,17-21H2,1-4H3,(H,41,42)(H2,34,35,40)/t25?,28-,29+/m1/s1. The lowest BCUT2D eigenvalue weighted by Crippen LogP contribution is -2.49. The number of anilines is 3. The van der Waals surface area contributed by atoms with Gasteiger partial charge in [-0.1, -0.05) is 0 Å². The molecule has 3 N–H and O–H groups in total. The molecule has 2 saturated heterocycles. The molecule has 5 rings (SSSR count). The van der Waals surface area contributed by atoms with Crippen molar-refractivity contribution < 1.29 is 29.0 Å². The van der Waals surface area contributed by atoms with Crippen LogP contribution < -0.4 is 20.3 Å². The molecule has 1 aliphatic carbocycles. The maximum atomic E-state index is 13.5. The Bertz CT molecular complexity index is 1310. The molecule has 2 aromatic carbocycles. The summed E-state index contributed by atoms with van der Waals surface area (Å²) in [4.78, 5) is 43.1. The van der Waals surface area contributed by atoms with Gasteiger partial charge in [-0.15, -0.1) is 0 Å². The number of carbonyl (C=O) groups is 3. The fraction of sp³-hybridized carbons (Fsp3) is 0.545. The van der Waals surface area contributed by atoms with E-state index in [0.717, 1.165) is 37.2 Å². The van der Waals surface area contributed by atoms with Crippen LogP contribution in [0.1, 0.15) is 59.3 Å². The topological polar surface area (TPSA) is 124 Å². The average Bonchev–Trinajstić information content (AvgIpc) is 3.75. The van der Waals surface area contributed by atoms with Gasteiger partial charge in [-0.2, -0.15) is 0 Å². The van der Waals surface area contributed by atoms with Crippen molar-refractivity contribution >= 4 is 35.1 Å². The molecule has 0 spiro atoms. The summed E-state index contributed by atoms with van der Waals surface area (Å²) < 4.78 is 12.0. The molecule has 44 heavy (non-hydrogen) atoms. The van der Waals surface area contributed by atoms with E-state index in [0.29, 0.717) is 30.4 Å². The zero-order chi connectivity index (χ0) is 31.4. The number of carboxylic acid groups (broad SMARTS) is 1. The Balaban J connectivity index is 1.10. The van der Waals surface area contributed by atoms with Gasteiger partial charge in [0.05, 0.1) is 30.4 Å². The van der Waals surface area contributed by atoms with Gasteiger partial charge in [0.1, 0.15) is 11.8 Å². The fourth-order valence-corrected chi connectivity index (χ4v) is 6.40. The number of benzene rings is 2. The fourth-order valence-electron chi connectivity index (χ4n) is 6.40. The summed E-state index contributed by atoms with van der Waals surface area (Å²) in [6.45, 7) is 7.37. The van der Waals surface area contributed by atoms with E-state index in [1.54, 1.807) is 11.9 Å². The van der Waals surface area contributed by atoms with Crippen LogP contribution in [-0.2, 0) is 9.53 Å². The quantitative estimate of drug-likeness (QED) is 0.356. The zero-order valence-electron chi connectivity index (χ0n) is 26.1. The van der Waals surface area contributed by atoms with E-state index in [4.69, 9.17) is 9.47 Å². The molecule has 2 heterocycles. The van der Waals surface area contributed by atoms with Crippen molar-refractivity contribution in [3.05, 3.63) is 48.5 Å². The molecule has 0 radical (unpaired) electrons. The molecule has 1 saturated carbocycles. The number of ether oxygens (including phenoxy) is 2. The van der Waals surface area contributed by atoms with Crippen molar-refractivity contribution in [1.29, 1.82) is 0 Å². The Morgan fingerprint density at radius 3 is 2.09 bits per heavy atom. The minimum absolute atomic E-state index is 0.0424. The Labute approximate surface area is 259 Å². The van der Waals surface area contributed by atoms with E-state index in [-0.39, 0.29) is 30.6 Å². The number of nitrogens with one attached hydrogen (secondary N) is 2. The molecular weight excluding hydrogens is 562 g/mol. The van der Waals surface area contributed by atoms with Crippen LogP contribution in [0.15, 0.2) is 48.5 Å². The van der Waals surface area contributed by atoms with Gasteiger partial charge in [-0.25, -0.2) is 9.59 Å². The minimum Gasteiger partial charge on any atom is -0.490 e. The molecule has 4 amide bonds. The summed E-state index contributed by atoms with van der Waals surface area (Å²) in [6, 6.07) is 13.9. The molecule has 0 bridgehead atoms. The molecule has 0 aromatic heterocycles. The third kappa shape index (κ3) is 7.93. The molecule has 3 aliphatic rings. The van der Waals surface area contributed by atoms with Gasteiger partial charge in [0.25, 0.3) is 0 Å². The van der Waals surface area contributed by atoms with Crippen molar-refractivity contribution in [2.45, 2.75) is 89.2 Å². The van der Waals surface area contributed by atoms with Crippen LogP contribution >= 0.6 is 0 Å². The van der Waals surface area contributed by atoms with Gasteiger partial charge in [0, 0.05) is 43.6 Å². The highest BCUT2D eigenvalue weighted by Gasteiger charge is 2.44. The second kappa shape index (κ2) is 13.3. The number of nitrogens with zero attached hydrogens (tertiary/aromatic N) is 3. The van der Waals surface area contributed by atoms with Crippen LogP contribution in [0.4, 0.5) is 26.7 Å². The van der Waals surface area contributed by atoms with Gasteiger partial charge in [-0.05, 0) is 101 Å². The molecule has 3 atom stereocenters. The Morgan fingerprint density at radius 1 is 0.886 bits per heavy atom. The molecule has 2 aromatic rings. The molecule has 1 unspecified atom stereocenters. The Morgan fingerprint density at radius 2 is 1.50 bits per heavy atom. The number of hydrogen-bond acceptors (Lipinski definition) is 6. The van der Waals surface area contributed by atoms with Crippen molar-refractivity contribution in [1.82, 2.24) is 9.80 Å². The maximum absolute atomic E-state index is 13.5. The van der Waals surface area contributed by atoms with E-state index >= 15 is 0 Å². The van der Waals surface area contributed by atoms with E-state index < -0.39 is 17.7 Å². The molecule has 2 aliphatic heterocycles.